The normalized spacial score (nSPS) is 17.4. The molecule has 2 N–H and O–H groups in total. The van der Waals surface area contributed by atoms with Gasteiger partial charge in [0.25, 0.3) is 5.91 Å². The lowest BCUT2D eigenvalue weighted by Crippen LogP contribution is -2.29. The number of carbonyl (C=O) groups excluding carboxylic acids is 1. The molecule has 1 aromatic heterocycles. The Morgan fingerprint density at radius 2 is 2.09 bits per heavy atom. The lowest BCUT2D eigenvalue weighted by atomic mass is 10.1. The number of hydrogen-bond donors (Lipinski definition) is 1. The number of benzene rings is 1. The van der Waals surface area contributed by atoms with Crippen molar-refractivity contribution in [1.82, 2.24) is 4.90 Å². The van der Waals surface area contributed by atoms with Crippen molar-refractivity contribution in [3.8, 4) is 11.3 Å². The van der Waals surface area contributed by atoms with Gasteiger partial charge in [0, 0.05) is 18.7 Å². The van der Waals surface area contributed by atoms with Gasteiger partial charge in [0.05, 0.1) is 5.02 Å². The summed E-state index contributed by atoms with van der Waals surface area (Å²) in [6, 6.07) is 10.9. The predicted molar refractivity (Wildman–Crippen MR) is 89.5 cm³/mol. The van der Waals surface area contributed by atoms with E-state index in [4.69, 9.17) is 21.8 Å². The summed E-state index contributed by atoms with van der Waals surface area (Å²) in [5.41, 5.74) is 6.45. The Labute approximate surface area is 140 Å². The highest BCUT2D eigenvalue weighted by atomic mass is 35.5. The maximum absolute atomic E-state index is 12.4. The average molecular weight is 341 g/mol. The van der Waals surface area contributed by atoms with Crippen LogP contribution in [0.15, 0.2) is 40.8 Å². The smallest absolute Gasteiger partial charge is 0.289 e. The minimum absolute atomic E-state index is 0. The molecule has 0 bridgehead atoms. The third-order valence-corrected chi connectivity index (χ3v) is 4.19. The van der Waals surface area contributed by atoms with Crippen molar-refractivity contribution in [2.24, 2.45) is 11.7 Å². The van der Waals surface area contributed by atoms with Crippen LogP contribution in [-0.2, 0) is 0 Å². The molecule has 1 unspecified atom stereocenters. The van der Waals surface area contributed by atoms with E-state index in [9.17, 15) is 4.79 Å². The fourth-order valence-corrected chi connectivity index (χ4v) is 2.85. The molecule has 1 aliphatic heterocycles. The van der Waals surface area contributed by atoms with Gasteiger partial charge in [0.2, 0.25) is 0 Å². The molecule has 6 heteroatoms. The van der Waals surface area contributed by atoms with Crippen LogP contribution >= 0.6 is 24.0 Å². The molecule has 1 saturated heterocycles. The average Bonchev–Trinajstić information content (AvgIpc) is 3.16. The molecule has 2 aromatic rings. The van der Waals surface area contributed by atoms with Gasteiger partial charge in [0.1, 0.15) is 5.76 Å². The van der Waals surface area contributed by atoms with E-state index in [0.717, 1.165) is 18.5 Å². The lowest BCUT2D eigenvalue weighted by molar-refractivity contribution is 0.0757. The number of amides is 1. The summed E-state index contributed by atoms with van der Waals surface area (Å²) >= 11 is 6.14. The Kier molecular flexibility index (Phi) is 5.51. The highest BCUT2D eigenvalue weighted by Crippen LogP contribution is 2.29. The molecular formula is C16H18Cl2N2O2. The van der Waals surface area contributed by atoms with Crippen LogP contribution in [0.5, 0.6) is 0 Å². The number of nitrogens with two attached hydrogens (primary N) is 1. The van der Waals surface area contributed by atoms with E-state index in [1.165, 1.54) is 0 Å². The van der Waals surface area contributed by atoms with Crippen molar-refractivity contribution in [2.75, 3.05) is 19.6 Å². The van der Waals surface area contributed by atoms with Crippen molar-refractivity contribution in [1.29, 1.82) is 0 Å². The summed E-state index contributed by atoms with van der Waals surface area (Å²) in [5.74, 6) is 1.28. The summed E-state index contributed by atoms with van der Waals surface area (Å²) in [7, 11) is 0. The second kappa shape index (κ2) is 7.18. The second-order valence-corrected chi connectivity index (χ2v) is 5.69. The van der Waals surface area contributed by atoms with E-state index in [-0.39, 0.29) is 18.3 Å². The number of hydrogen-bond acceptors (Lipinski definition) is 3. The number of nitrogens with zero attached hydrogens (tertiary/aromatic N) is 1. The van der Waals surface area contributed by atoms with Crippen LogP contribution in [0.2, 0.25) is 5.02 Å². The van der Waals surface area contributed by atoms with E-state index >= 15 is 0 Å². The SMILES string of the molecule is Cl.NCC1CCN(C(=O)c2ccc(-c3ccccc3Cl)o2)C1. The van der Waals surface area contributed by atoms with Gasteiger partial charge in [-0.2, -0.15) is 0 Å². The first-order chi connectivity index (χ1) is 10.2. The van der Waals surface area contributed by atoms with Gasteiger partial charge in [-0.15, -0.1) is 12.4 Å². The highest BCUT2D eigenvalue weighted by Gasteiger charge is 2.27. The topological polar surface area (TPSA) is 59.5 Å². The van der Waals surface area contributed by atoms with E-state index in [0.29, 0.717) is 35.6 Å². The zero-order chi connectivity index (χ0) is 14.8. The van der Waals surface area contributed by atoms with Crippen LogP contribution in [0, 0.1) is 5.92 Å². The molecule has 1 amide bonds. The molecule has 0 saturated carbocycles. The van der Waals surface area contributed by atoms with Crippen LogP contribution in [-0.4, -0.2) is 30.4 Å². The molecule has 1 fully saturated rings. The Morgan fingerprint density at radius 3 is 2.77 bits per heavy atom. The minimum Gasteiger partial charge on any atom is -0.451 e. The molecule has 2 heterocycles. The fraction of sp³-hybridized carbons (Fsp3) is 0.312. The van der Waals surface area contributed by atoms with Crippen LogP contribution in [0.25, 0.3) is 11.3 Å². The fourth-order valence-electron chi connectivity index (χ4n) is 2.62. The summed E-state index contributed by atoms with van der Waals surface area (Å²) in [4.78, 5) is 14.2. The van der Waals surface area contributed by atoms with Crippen molar-refractivity contribution in [3.63, 3.8) is 0 Å². The number of furan rings is 1. The molecule has 1 atom stereocenters. The van der Waals surface area contributed by atoms with Gasteiger partial charge in [-0.25, -0.2) is 0 Å². The maximum atomic E-state index is 12.4. The van der Waals surface area contributed by atoms with Crippen molar-refractivity contribution in [2.45, 2.75) is 6.42 Å². The van der Waals surface area contributed by atoms with Crippen LogP contribution < -0.4 is 5.73 Å². The molecule has 0 radical (unpaired) electrons. The number of likely N-dealkylation sites (tertiary alicyclic amines) is 1. The Morgan fingerprint density at radius 1 is 1.32 bits per heavy atom. The molecule has 3 rings (SSSR count). The van der Waals surface area contributed by atoms with Gasteiger partial charge in [-0.05, 0) is 43.1 Å². The third-order valence-electron chi connectivity index (χ3n) is 3.86. The number of carbonyl (C=O) groups is 1. The first-order valence-corrected chi connectivity index (χ1v) is 7.41. The standard InChI is InChI=1S/C16H17ClN2O2.ClH/c17-13-4-2-1-3-12(13)14-5-6-15(21-14)16(20)19-8-7-11(9-18)10-19;/h1-6,11H,7-10,18H2;1H. The minimum atomic E-state index is -0.0794. The molecule has 4 nitrogen and oxygen atoms in total. The summed E-state index contributed by atoms with van der Waals surface area (Å²) in [6.07, 6.45) is 0.959. The zero-order valence-corrected chi connectivity index (χ0v) is 13.6. The molecule has 1 aliphatic rings. The quantitative estimate of drug-likeness (QED) is 0.930. The van der Waals surface area contributed by atoms with Crippen LogP contribution in [0.3, 0.4) is 0 Å². The van der Waals surface area contributed by atoms with E-state index < -0.39 is 0 Å². The number of halogens is 2. The molecule has 0 aliphatic carbocycles. The second-order valence-electron chi connectivity index (χ2n) is 5.29. The molecule has 22 heavy (non-hydrogen) atoms. The molecule has 1 aromatic carbocycles. The van der Waals surface area contributed by atoms with Gasteiger partial charge in [-0.3, -0.25) is 4.79 Å². The monoisotopic (exact) mass is 340 g/mol. The Hall–Kier alpha value is -1.49. The van der Waals surface area contributed by atoms with Crippen LogP contribution in [0.4, 0.5) is 0 Å². The van der Waals surface area contributed by atoms with Crippen LogP contribution in [0.1, 0.15) is 17.0 Å². The highest BCUT2D eigenvalue weighted by molar-refractivity contribution is 6.33. The van der Waals surface area contributed by atoms with E-state index in [1.54, 1.807) is 23.1 Å². The van der Waals surface area contributed by atoms with Gasteiger partial charge < -0.3 is 15.1 Å². The molecule has 118 valence electrons. The largest absolute Gasteiger partial charge is 0.451 e. The molecular weight excluding hydrogens is 323 g/mol. The summed E-state index contributed by atoms with van der Waals surface area (Å²) in [5, 5.41) is 0.607. The zero-order valence-electron chi connectivity index (χ0n) is 12.0. The van der Waals surface area contributed by atoms with Gasteiger partial charge in [0.15, 0.2) is 5.76 Å². The first kappa shape index (κ1) is 16.9. The summed E-state index contributed by atoms with van der Waals surface area (Å²) in [6.45, 7) is 2.06. The first-order valence-electron chi connectivity index (χ1n) is 7.03. The number of rotatable bonds is 3. The Bertz CT molecular complexity index is 657. The van der Waals surface area contributed by atoms with Crippen molar-refractivity contribution >= 4 is 29.9 Å². The predicted octanol–water partition coefficient (Wildman–Crippen LogP) is 3.44. The summed E-state index contributed by atoms with van der Waals surface area (Å²) < 4.78 is 5.69. The maximum Gasteiger partial charge on any atom is 0.289 e. The molecule has 0 spiro atoms. The lowest BCUT2D eigenvalue weighted by Gasteiger charge is -2.14. The van der Waals surface area contributed by atoms with Crippen molar-refractivity contribution < 1.29 is 9.21 Å². The van der Waals surface area contributed by atoms with E-state index in [2.05, 4.69) is 0 Å². The van der Waals surface area contributed by atoms with Crippen molar-refractivity contribution in [3.05, 3.63) is 47.2 Å². The van der Waals surface area contributed by atoms with E-state index in [1.807, 2.05) is 18.2 Å². The Balaban J connectivity index is 0.00000176. The van der Waals surface area contributed by atoms with Gasteiger partial charge in [-0.1, -0.05) is 23.7 Å². The van der Waals surface area contributed by atoms with Gasteiger partial charge >= 0.3 is 0 Å². The third kappa shape index (κ3) is 3.29.